The number of hydrogen-bond acceptors (Lipinski definition) is 5. The van der Waals surface area contributed by atoms with E-state index >= 15 is 0 Å². The Hall–Kier alpha value is -3.09. The van der Waals surface area contributed by atoms with E-state index in [1.807, 2.05) is 32.9 Å². The quantitative estimate of drug-likeness (QED) is 0.639. The van der Waals surface area contributed by atoms with Crippen LogP contribution in [-0.4, -0.2) is 24.5 Å². The van der Waals surface area contributed by atoms with Crippen LogP contribution in [0.4, 0.5) is 11.4 Å². The first-order chi connectivity index (χ1) is 11.8. The van der Waals surface area contributed by atoms with Crippen LogP contribution in [0.15, 0.2) is 30.3 Å². The van der Waals surface area contributed by atoms with Gasteiger partial charge in [-0.1, -0.05) is 12.1 Å². The number of non-ortho nitro benzene ring substituents is 1. The monoisotopic (exact) mass is 344 g/mol. The van der Waals surface area contributed by atoms with E-state index in [4.69, 9.17) is 9.47 Å². The van der Waals surface area contributed by atoms with Gasteiger partial charge in [-0.05, 0) is 43.5 Å². The van der Waals surface area contributed by atoms with Crippen LogP contribution in [0.2, 0.25) is 0 Å². The molecule has 0 heterocycles. The molecule has 7 nitrogen and oxygen atoms in total. The Morgan fingerprint density at radius 1 is 1.16 bits per heavy atom. The van der Waals surface area contributed by atoms with Crippen molar-refractivity contribution in [1.29, 1.82) is 0 Å². The highest BCUT2D eigenvalue weighted by atomic mass is 16.6. The van der Waals surface area contributed by atoms with Crippen LogP contribution in [-0.2, 0) is 4.79 Å². The van der Waals surface area contributed by atoms with Crippen LogP contribution in [0.3, 0.4) is 0 Å². The number of aryl methyl sites for hydroxylation is 2. The summed E-state index contributed by atoms with van der Waals surface area (Å²) in [6.45, 7) is 5.59. The third kappa shape index (κ3) is 4.26. The number of carbonyl (C=O) groups is 1. The van der Waals surface area contributed by atoms with Crippen molar-refractivity contribution in [2.24, 2.45) is 0 Å². The summed E-state index contributed by atoms with van der Waals surface area (Å²) in [5, 5.41) is 13.5. The lowest BCUT2D eigenvalue weighted by molar-refractivity contribution is -0.384. The highest BCUT2D eigenvalue weighted by Gasteiger charge is 2.15. The predicted molar refractivity (Wildman–Crippen MR) is 94.4 cm³/mol. The molecule has 0 saturated carbocycles. The van der Waals surface area contributed by atoms with Crippen molar-refractivity contribution in [1.82, 2.24) is 0 Å². The molecule has 0 unspecified atom stereocenters. The molecule has 0 aliphatic rings. The highest BCUT2D eigenvalue weighted by molar-refractivity contribution is 5.93. The van der Waals surface area contributed by atoms with Crippen molar-refractivity contribution in [2.45, 2.75) is 20.8 Å². The summed E-state index contributed by atoms with van der Waals surface area (Å²) in [6, 6.07) is 7.92. The molecule has 7 heteroatoms. The number of nitro groups is 1. The Balaban J connectivity index is 2.12. The van der Waals surface area contributed by atoms with Crippen LogP contribution in [0.5, 0.6) is 11.5 Å². The zero-order valence-electron chi connectivity index (χ0n) is 14.6. The lowest BCUT2D eigenvalue weighted by Crippen LogP contribution is -2.21. The van der Waals surface area contributed by atoms with Gasteiger partial charge < -0.3 is 14.8 Å². The molecule has 0 atom stereocenters. The Morgan fingerprint density at radius 3 is 2.48 bits per heavy atom. The first-order valence-electron chi connectivity index (χ1n) is 7.65. The van der Waals surface area contributed by atoms with Crippen molar-refractivity contribution < 1.29 is 19.2 Å². The largest absolute Gasteiger partial charge is 0.495 e. The molecular formula is C18H20N2O5. The number of nitro benzene ring substituents is 1. The minimum Gasteiger partial charge on any atom is -0.495 e. The maximum absolute atomic E-state index is 12.2. The van der Waals surface area contributed by atoms with Crippen molar-refractivity contribution in [3.63, 3.8) is 0 Å². The number of ether oxygens (including phenoxy) is 2. The molecular weight excluding hydrogens is 324 g/mol. The summed E-state index contributed by atoms with van der Waals surface area (Å²) in [6.07, 6.45) is 0. The number of rotatable bonds is 6. The maximum atomic E-state index is 12.2. The molecule has 0 aliphatic heterocycles. The van der Waals surface area contributed by atoms with Gasteiger partial charge in [-0.3, -0.25) is 14.9 Å². The molecule has 2 rings (SSSR count). The molecule has 0 saturated heterocycles. The second-order valence-electron chi connectivity index (χ2n) is 5.63. The van der Waals surface area contributed by atoms with Gasteiger partial charge in [-0.15, -0.1) is 0 Å². The fourth-order valence-corrected chi connectivity index (χ4v) is 2.38. The molecule has 132 valence electrons. The molecule has 25 heavy (non-hydrogen) atoms. The number of carbonyl (C=O) groups excluding carboxylic acids is 1. The topological polar surface area (TPSA) is 90.7 Å². The normalized spacial score (nSPS) is 10.2. The fourth-order valence-electron chi connectivity index (χ4n) is 2.38. The average Bonchev–Trinajstić information content (AvgIpc) is 2.58. The summed E-state index contributed by atoms with van der Waals surface area (Å²) in [5.41, 5.74) is 3.07. The Morgan fingerprint density at radius 2 is 1.84 bits per heavy atom. The standard InChI is InChI=1S/C18H20N2O5/c1-11-5-6-12(2)18(13(11)3)25-10-17(21)19-15-9-14(20(22)23)7-8-16(15)24-4/h5-9H,10H2,1-4H3,(H,19,21). The zero-order chi connectivity index (χ0) is 18.6. The van der Waals surface area contributed by atoms with Crippen molar-refractivity contribution in [2.75, 3.05) is 19.0 Å². The summed E-state index contributed by atoms with van der Waals surface area (Å²) in [5.74, 6) is 0.571. The van der Waals surface area contributed by atoms with E-state index in [-0.39, 0.29) is 18.0 Å². The van der Waals surface area contributed by atoms with Gasteiger partial charge in [-0.2, -0.15) is 0 Å². The summed E-state index contributed by atoms with van der Waals surface area (Å²) in [4.78, 5) is 22.5. The van der Waals surface area contributed by atoms with E-state index in [1.165, 1.54) is 25.3 Å². The third-order valence-corrected chi connectivity index (χ3v) is 3.89. The summed E-state index contributed by atoms with van der Waals surface area (Å²) in [7, 11) is 1.42. The molecule has 1 N–H and O–H groups in total. The van der Waals surface area contributed by atoms with E-state index in [0.717, 1.165) is 16.7 Å². The SMILES string of the molecule is COc1ccc([N+](=O)[O-])cc1NC(=O)COc1c(C)ccc(C)c1C. The summed E-state index contributed by atoms with van der Waals surface area (Å²) < 4.78 is 10.8. The lowest BCUT2D eigenvalue weighted by Gasteiger charge is -2.14. The number of anilines is 1. The van der Waals surface area contributed by atoms with E-state index in [0.29, 0.717) is 11.5 Å². The Kier molecular flexibility index (Phi) is 5.59. The molecule has 0 radical (unpaired) electrons. The van der Waals surface area contributed by atoms with Crippen LogP contribution in [0, 0.1) is 30.9 Å². The van der Waals surface area contributed by atoms with Gasteiger partial charge in [0, 0.05) is 12.1 Å². The number of methoxy groups -OCH3 is 1. The van der Waals surface area contributed by atoms with E-state index in [2.05, 4.69) is 5.32 Å². The average molecular weight is 344 g/mol. The van der Waals surface area contributed by atoms with E-state index < -0.39 is 10.8 Å². The number of benzene rings is 2. The predicted octanol–water partition coefficient (Wildman–Crippen LogP) is 3.55. The maximum Gasteiger partial charge on any atom is 0.271 e. The molecule has 0 fully saturated rings. The highest BCUT2D eigenvalue weighted by Crippen LogP contribution is 2.29. The van der Waals surface area contributed by atoms with Gasteiger partial charge in [0.1, 0.15) is 11.5 Å². The van der Waals surface area contributed by atoms with Gasteiger partial charge >= 0.3 is 0 Å². The molecule has 2 aromatic rings. The van der Waals surface area contributed by atoms with Gasteiger partial charge in [0.25, 0.3) is 11.6 Å². The molecule has 0 spiro atoms. The zero-order valence-corrected chi connectivity index (χ0v) is 14.6. The van der Waals surface area contributed by atoms with Crippen LogP contribution in [0.25, 0.3) is 0 Å². The third-order valence-electron chi connectivity index (χ3n) is 3.89. The van der Waals surface area contributed by atoms with Gasteiger partial charge in [0.15, 0.2) is 6.61 Å². The number of nitrogens with one attached hydrogen (secondary N) is 1. The van der Waals surface area contributed by atoms with Gasteiger partial charge in [0.2, 0.25) is 0 Å². The molecule has 2 aromatic carbocycles. The minimum absolute atomic E-state index is 0.137. The van der Waals surface area contributed by atoms with Crippen LogP contribution in [0.1, 0.15) is 16.7 Å². The lowest BCUT2D eigenvalue weighted by atomic mass is 10.1. The second kappa shape index (κ2) is 7.65. The van der Waals surface area contributed by atoms with Crippen LogP contribution >= 0.6 is 0 Å². The van der Waals surface area contributed by atoms with Crippen molar-refractivity contribution in [3.05, 3.63) is 57.1 Å². The molecule has 1 amide bonds. The molecule has 0 bridgehead atoms. The van der Waals surface area contributed by atoms with Crippen molar-refractivity contribution >= 4 is 17.3 Å². The smallest absolute Gasteiger partial charge is 0.271 e. The van der Waals surface area contributed by atoms with Gasteiger partial charge in [0.05, 0.1) is 17.7 Å². The van der Waals surface area contributed by atoms with E-state index in [1.54, 1.807) is 0 Å². The second-order valence-corrected chi connectivity index (χ2v) is 5.63. The minimum atomic E-state index is -0.537. The van der Waals surface area contributed by atoms with Crippen LogP contribution < -0.4 is 14.8 Å². The van der Waals surface area contributed by atoms with Gasteiger partial charge in [-0.25, -0.2) is 0 Å². The summed E-state index contributed by atoms with van der Waals surface area (Å²) >= 11 is 0. The molecule has 0 aromatic heterocycles. The number of hydrogen-bond donors (Lipinski definition) is 1. The van der Waals surface area contributed by atoms with E-state index in [9.17, 15) is 14.9 Å². The first-order valence-corrected chi connectivity index (χ1v) is 7.65. The fraction of sp³-hybridized carbons (Fsp3) is 0.278. The Labute approximate surface area is 145 Å². The number of amides is 1. The first kappa shape index (κ1) is 18.3. The number of nitrogens with zero attached hydrogens (tertiary/aromatic N) is 1. The Bertz CT molecular complexity index is 817. The van der Waals surface area contributed by atoms with Crippen molar-refractivity contribution in [3.8, 4) is 11.5 Å². The molecule has 0 aliphatic carbocycles.